The van der Waals surface area contributed by atoms with Crippen LogP contribution in [0.3, 0.4) is 0 Å². The summed E-state index contributed by atoms with van der Waals surface area (Å²) in [6, 6.07) is 8.75. The third kappa shape index (κ3) is 4.31. The van der Waals surface area contributed by atoms with Crippen LogP contribution in [0.4, 0.5) is 5.69 Å². The summed E-state index contributed by atoms with van der Waals surface area (Å²) >= 11 is 0. The average molecular weight is 250 g/mol. The summed E-state index contributed by atoms with van der Waals surface area (Å²) in [5, 5.41) is 13.3. The third-order valence-electron chi connectivity index (χ3n) is 3.46. The van der Waals surface area contributed by atoms with E-state index in [1.165, 1.54) is 11.3 Å². The highest BCUT2D eigenvalue weighted by molar-refractivity contribution is 5.46. The first-order valence-electron chi connectivity index (χ1n) is 6.59. The lowest BCUT2D eigenvalue weighted by atomic mass is 10.0. The molecule has 0 aliphatic heterocycles. The van der Waals surface area contributed by atoms with Gasteiger partial charge in [0.25, 0.3) is 0 Å². The number of benzene rings is 1. The lowest BCUT2D eigenvalue weighted by Crippen LogP contribution is -2.38. The molecule has 0 bridgehead atoms. The van der Waals surface area contributed by atoms with Gasteiger partial charge in [-0.3, -0.25) is 0 Å². The van der Waals surface area contributed by atoms with Crippen LogP contribution in [0.2, 0.25) is 0 Å². The summed E-state index contributed by atoms with van der Waals surface area (Å²) in [5.41, 5.74) is 1.82. The first-order valence-corrected chi connectivity index (χ1v) is 6.59. The minimum absolute atomic E-state index is 0.249. The molecular weight excluding hydrogens is 224 g/mol. The average Bonchev–Trinajstić information content (AvgIpc) is 2.36. The molecule has 1 aromatic carbocycles. The van der Waals surface area contributed by atoms with Crippen molar-refractivity contribution < 1.29 is 5.11 Å². The Hall–Kier alpha value is -1.06. The molecule has 3 nitrogen and oxygen atoms in total. The second-order valence-corrected chi connectivity index (χ2v) is 5.44. The smallest absolute Gasteiger partial charge is 0.0741 e. The summed E-state index contributed by atoms with van der Waals surface area (Å²) in [6.07, 6.45) is 0.756. The lowest BCUT2D eigenvalue weighted by Gasteiger charge is -2.25. The fraction of sp³-hybridized carbons (Fsp3) is 0.600. The van der Waals surface area contributed by atoms with E-state index < -0.39 is 5.60 Å². The second kappa shape index (κ2) is 6.21. The van der Waals surface area contributed by atoms with Gasteiger partial charge in [0.2, 0.25) is 0 Å². The molecule has 1 aromatic rings. The van der Waals surface area contributed by atoms with Gasteiger partial charge in [-0.1, -0.05) is 19.1 Å². The molecule has 0 radical (unpaired) electrons. The van der Waals surface area contributed by atoms with Crippen molar-refractivity contribution in [2.75, 3.05) is 25.5 Å². The molecule has 102 valence electrons. The number of anilines is 1. The molecule has 0 aliphatic carbocycles. The van der Waals surface area contributed by atoms with E-state index in [2.05, 4.69) is 41.4 Å². The number of rotatable bonds is 6. The Kier molecular flexibility index (Phi) is 5.17. The van der Waals surface area contributed by atoms with E-state index in [4.69, 9.17) is 0 Å². The molecular formula is C15H26N2O. The molecule has 2 unspecified atom stereocenters. The summed E-state index contributed by atoms with van der Waals surface area (Å²) in [4.78, 5) is 2.09. The van der Waals surface area contributed by atoms with Gasteiger partial charge in [0.15, 0.2) is 0 Å². The zero-order chi connectivity index (χ0) is 13.8. The van der Waals surface area contributed by atoms with E-state index in [1.807, 2.05) is 27.9 Å². The second-order valence-electron chi connectivity index (χ2n) is 5.44. The molecule has 0 saturated carbocycles. The van der Waals surface area contributed by atoms with Gasteiger partial charge in [-0.05, 0) is 38.0 Å². The Labute approximate surface area is 111 Å². The van der Waals surface area contributed by atoms with Crippen LogP contribution < -0.4 is 10.2 Å². The third-order valence-corrected chi connectivity index (χ3v) is 3.46. The largest absolute Gasteiger partial charge is 0.389 e. The van der Waals surface area contributed by atoms with Crippen LogP contribution in [-0.4, -0.2) is 31.3 Å². The van der Waals surface area contributed by atoms with Crippen molar-refractivity contribution in [3.63, 3.8) is 0 Å². The van der Waals surface area contributed by atoms with E-state index >= 15 is 0 Å². The van der Waals surface area contributed by atoms with Gasteiger partial charge < -0.3 is 15.3 Å². The molecule has 0 aromatic heterocycles. The fourth-order valence-electron chi connectivity index (χ4n) is 1.68. The van der Waals surface area contributed by atoms with Gasteiger partial charge in [-0.25, -0.2) is 0 Å². The molecule has 0 saturated heterocycles. The first-order chi connectivity index (χ1) is 8.35. The van der Waals surface area contributed by atoms with Crippen LogP contribution in [0.5, 0.6) is 0 Å². The first kappa shape index (κ1) is 15.0. The molecule has 2 atom stereocenters. The van der Waals surface area contributed by atoms with Crippen LogP contribution in [0.15, 0.2) is 24.3 Å². The number of nitrogens with one attached hydrogen (secondary N) is 1. The van der Waals surface area contributed by atoms with Crippen LogP contribution in [0.1, 0.15) is 38.8 Å². The summed E-state index contributed by atoms with van der Waals surface area (Å²) in [7, 11) is 4.07. The predicted octanol–water partition coefficient (Wildman–Crippen LogP) is 2.56. The minimum Gasteiger partial charge on any atom is -0.389 e. The van der Waals surface area contributed by atoms with Crippen molar-refractivity contribution in [2.24, 2.45) is 0 Å². The lowest BCUT2D eigenvalue weighted by molar-refractivity contribution is 0.0533. The Bertz CT molecular complexity index is 357. The van der Waals surface area contributed by atoms with Gasteiger partial charge in [0.05, 0.1) is 5.60 Å². The Morgan fingerprint density at radius 2 is 1.83 bits per heavy atom. The Morgan fingerprint density at radius 1 is 1.28 bits per heavy atom. The Balaban J connectivity index is 2.59. The van der Waals surface area contributed by atoms with Crippen molar-refractivity contribution in [2.45, 2.75) is 38.8 Å². The zero-order valence-electron chi connectivity index (χ0n) is 12.2. The van der Waals surface area contributed by atoms with Crippen molar-refractivity contribution in [1.82, 2.24) is 5.32 Å². The van der Waals surface area contributed by atoms with E-state index in [1.54, 1.807) is 0 Å². The van der Waals surface area contributed by atoms with E-state index in [9.17, 15) is 5.11 Å². The molecule has 0 heterocycles. The summed E-state index contributed by atoms with van der Waals surface area (Å²) in [5.74, 6) is 0. The van der Waals surface area contributed by atoms with Crippen LogP contribution in [0, 0.1) is 0 Å². The van der Waals surface area contributed by atoms with Crippen molar-refractivity contribution in [3.05, 3.63) is 29.8 Å². The maximum Gasteiger partial charge on any atom is 0.0741 e. The maximum absolute atomic E-state index is 9.97. The van der Waals surface area contributed by atoms with Gasteiger partial charge in [-0.15, -0.1) is 0 Å². The van der Waals surface area contributed by atoms with Crippen molar-refractivity contribution >= 4 is 5.69 Å². The van der Waals surface area contributed by atoms with E-state index in [0.717, 1.165) is 6.42 Å². The SMILES string of the molecule is CCC(C)(O)CNC(C)c1ccc(N(C)C)cc1. The van der Waals surface area contributed by atoms with Gasteiger partial charge >= 0.3 is 0 Å². The highest BCUT2D eigenvalue weighted by Crippen LogP contribution is 2.18. The molecule has 0 aliphatic rings. The molecule has 0 spiro atoms. The fourth-order valence-corrected chi connectivity index (χ4v) is 1.68. The number of aliphatic hydroxyl groups is 1. The van der Waals surface area contributed by atoms with Crippen LogP contribution in [-0.2, 0) is 0 Å². The van der Waals surface area contributed by atoms with Gasteiger partial charge in [0, 0.05) is 32.4 Å². The standard InChI is InChI=1S/C15H26N2O/c1-6-15(3,18)11-16-12(2)13-7-9-14(10-8-13)17(4)5/h7-10,12,16,18H,6,11H2,1-5H3. The predicted molar refractivity (Wildman–Crippen MR) is 78.1 cm³/mol. The Morgan fingerprint density at radius 3 is 2.28 bits per heavy atom. The molecule has 0 fully saturated rings. The molecule has 1 rings (SSSR count). The number of hydrogen-bond acceptors (Lipinski definition) is 3. The van der Waals surface area contributed by atoms with Crippen LogP contribution in [0.25, 0.3) is 0 Å². The molecule has 2 N–H and O–H groups in total. The van der Waals surface area contributed by atoms with Crippen molar-refractivity contribution in [1.29, 1.82) is 0 Å². The summed E-state index contributed by atoms with van der Waals surface area (Å²) in [6.45, 7) is 6.59. The van der Waals surface area contributed by atoms with E-state index in [-0.39, 0.29) is 6.04 Å². The minimum atomic E-state index is -0.627. The molecule has 18 heavy (non-hydrogen) atoms. The highest BCUT2D eigenvalue weighted by Gasteiger charge is 2.18. The zero-order valence-corrected chi connectivity index (χ0v) is 12.2. The van der Waals surface area contributed by atoms with Gasteiger partial charge in [0.1, 0.15) is 0 Å². The van der Waals surface area contributed by atoms with E-state index in [0.29, 0.717) is 6.54 Å². The number of hydrogen-bond donors (Lipinski definition) is 2. The normalized spacial score (nSPS) is 16.1. The highest BCUT2D eigenvalue weighted by atomic mass is 16.3. The quantitative estimate of drug-likeness (QED) is 0.814. The van der Waals surface area contributed by atoms with Crippen LogP contribution >= 0.6 is 0 Å². The molecule has 3 heteroatoms. The monoisotopic (exact) mass is 250 g/mol. The van der Waals surface area contributed by atoms with Gasteiger partial charge in [-0.2, -0.15) is 0 Å². The summed E-state index contributed by atoms with van der Waals surface area (Å²) < 4.78 is 0. The van der Waals surface area contributed by atoms with Crippen molar-refractivity contribution in [3.8, 4) is 0 Å². The molecule has 0 amide bonds. The maximum atomic E-state index is 9.97. The topological polar surface area (TPSA) is 35.5 Å². The number of nitrogens with zero attached hydrogens (tertiary/aromatic N) is 1.